The van der Waals surface area contributed by atoms with Crippen LogP contribution in [0.2, 0.25) is 0 Å². The Balaban J connectivity index is 2.19. The van der Waals surface area contributed by atoms with Crippen molar-refractivity contribution in [1.82, 2.24) is 9.73 Å². The standard InChI is InChI=1S/C18H21N3O5S/c1-21(2)27(23,24)15-9-5-7-13(11-15)18(22)20-19-12-14-8-6-10-16(25-3)17(14)26-4/h5-12H,1-4H3,(H,20,22)/b19-12-. The van der Waals surface area contributed by atoms with Gasteiger partial charge in [-0.2, -0.15) is 5.10 Å². The summed E-state index contributed by atoms with van der Waals surface area (Å²) in [4.78, 5) is 12.3. The van der Waals surface area contributed by atoms with Crippen LogP contribution in [-0.2, 0) is 10.0 Å². The summed E-state index contributed by atoms with van der Waals surface area (Å²) in [5.74, 6) is 0.482. The van der Waals surface area contributed by atoms with E-state index in [0.29, 0.717) is 17.1 Å². The Morgan fingerprint density at radius 1 is 1.11 bits per heavy atom. The van der Waals surface area contributed by atoms with Gasteiger partial charge < -0.3 is 9.47 Å². The Morgan fingerprint density at radius 3 is 2.44 bits per heavy atom. The number of benzene rings is 2. The van der Waals surface area contributed by atoms with Gasteiger partial charge in [-0.15, -0.1) is 0 Å². The first-order valence-electron chi connectivity index (χ1n) is 7.88. The summed E-state index contributed by atoms with van der Waals surface area (Å²) < 4.78 is 35.9. The fourth-order valence-electron chi connectivity index (χ4n) is 2.25. The van der Waals surface area contributed by atoms with Crippen molar-refractivity contribution in [3.8, 4) is 11.5 Å². The highest BCUT2D eigenvalue weighted by molar-refractivity contribution is 7.89. The highest BCUT2D eigenvalue weighted by atomic mass is 32.2. The number of sulfonamides is 1. The number of nitrogens with zero attached hydrogens (tertiary/aromatic N) is 2. The first kappa shape index (κ1) is 20.4. The van der Waals surface area contributed by atoms with Crippen molar-refractivity contribution in [2.24, 2.45) is 5.10 Å². The minimum Gasteiger partial charge on any atom is -0.493 e. The molecule has 144 valence electrons. The molecule has 8 nitrogen and oxygen atoms in total. The van der Waals surface area contributed by atoms with E-state index in [1.807, 2.05) is 0 Å². The third kappa shape index (κ3) is 4.63. The van der Waals surface area contributed by atoms with E-state index in [-0.39, 0.29) is 10.5 Å². The van der Waals surface area contributed by atoms with E-state index < -0.39 is 15.9 Å². The third-order valence-corrected chi connectivity index (χ3v) is 5.49. The maximum Gasteiger partial charge on any atom is 0.271 e. The number of hydrazone groups is 1. The molecule has 2 aromatic carbocycles. The molecule has 0 unspecified atom stereocenters. The Labute approximate surface area is 158 Å². The van der Waals surface area contributed by atoms with E-state index in [4.69, 9.17) is 9.47 Å². The monoisotopic (exact) mass is 391 g/mol. The topological polar surface area (TPSA) is 97.3 Å². The zero-order chi connectivity index (χ0) is 20.0. The van der Waals surface area contributed by atoms with E-state index in [1.54, 1.807) is 18.2 Å². The fourth-order valence-corrected chi connectivity index (χ4v) is 3.20. The molecule has 0 aliphatic rings. The average molecular weight is 391 g/mol. The van der Waals surface area contributed by atoms with Gasteiger partial charge in [0, 0.05) is 25.2 Å². The maximum atomic E-state index is 12.3. The molecule has 0 aliphatic carbocycles. The summed E-state index contributed by atoms with van der Waals surface area (Å²) >= 11 is 0. The van der Waals surface area contributed by atoms with Crippen molar-refractivity contribution in [3.63, 3.8) is 0 Å². The van der Waals surface area contributed by atoms with E-state index in [1.165, 1.54) is 58.8 Å². The van der Waals surface area contributed by atoms with Crippen LogP contribution in [0, 0.1) is 0 Å². The summed E-state index contributed by atoms with van der Waals surface area (Å²) in [6, 6.07) is 11.0. The zero-order valence-corrected chi connectivity index (χ0v) is 16.3. The van der Waals surface area contributed by atoms with Crippen LogP contribution in [0.5, 0.6) is 11.5 Å². The normalized spacial score (nSPS) is 11.6. The molecule has 2 aromatic rings. The SMILES string of the molecule is COc1cccc(/C=N\NC(=O)c2cccc(S(=O)(=O)N(C)C)c2)c1OC. The highest BCUT2D eigenvalue weighted by Gasteiger charge is 2.18. The Kier molecular flexibility index (Phi) is 6.54. The molecular weight excluding hydrogens is 370 g/mol. The minimum absolute atomic E-state index is 0.0265. The first-order valence-corrected chi connectivity index (χ1v) is 9.32. The predicted octanol–water partition coefficient (Wildman–Crippen LogP) is 1.72. The average Bonchev–Trinajstić information content (AvgIpc) is 2.67. The summed E-state index contributed by atoms with van der Waals surface area (Å²) in [5, 5.41) is 3.91. The summed E-state index contributed by atoms with van der Waals surface area (Å²) in [6.45, 7) is 0. The molecule has 0 bridgehead atoms. The number of ether oxygens (including phenoxy) is 2. The molecule has 0 atom stereocenters. The van der Waals surface area contributed by atoms with Crippen molar-refractivity contribution < 1.29 is 22.7 Å². The molecule has 0 aliphatic heterocycles. The Bertz CT molecular complexity index is 955. The van der Waals surface area contributed by atoms with E-state index >= 15 is 0 Å². The lowest BCUT2D eigenvalue weighted by Gasteiger charge is -2.12. The molecule has 27 heavy (non-hydrogen) atoms. The second-order valence-corrected chi connectivity index (χ2v) is 7.75. The number of carbonyl (C=O) groups is 1. The van der Waals surface area contributed by atoms with Gasteiger partial charge in [-0.25, -0.2) is 18.1 Å². The van der Waals surface area contributed by atoms with Gasteiger partial charge in [0.25, 0.3) is 5.91 Å². The van der Waals surface area contributed by atoms with Gasteiger partial charge in [-0.1, -0.05) is 12.1 Å². The van der Waals surface area contributed by atoms with E-state index in [0.717, 1.165) is 4.31 Å². The van der Waals surface area contributed by atoms with Crippen LogP contribution in [0.3, 0.4) is 0 Å². The molecule has 0 radical (unpaired) electrons. The van der Waals surface area contributed by atoms with Crippen molar-refractivity contribution in [2.45, 2.75) is 4.90 Å². The lowest BCUT2D eigenvalue weighted by Crippen LogP contribution is -2.23. The van der Waals surface area contributed by atoms with Crippen molar-refractivity contribution >= 4 is 22.1 Å². The van der Waals surface area contributed by atoms with Gasteiger partial charge in [0.05, 0.1) is 25.3 Å². The molecule has 2 rings (SSSR count). The number of hydrogen-bond acceptors (Lipinski definition) is 6. The molecule has 1 N–H and O–H groups in total. The Morgan fingerprint density at radius 2 is 1.81 bits per heavy atom. The largest absolute Gasteiger partial charge is 0.493 e. The van der Waals surface area contributed by atoms with Gasteiger partial charge in [0.2, 0.25) is 10.0 Å². The quantitative estimate of drug-likeness (QED) is 0.573. The van der Waals surface area contributed by atoms with E-state index in [9.17, 15) is 13.2 Å². The maximum absolute atomic E-state index is 12.3. The molecule has 0 saturated carbocycles. The van der Waals surface area contributed by atoms with Gasteiger partial charge in [0.1, 0.15) is 0 Å². The van der Waals surface area contributed by atoms with Gasteiger partial charge >= 0.3 is 0 Å². The predicted molar refractivity (Wildman–Crippen MR) is 102 cm³/mol. The second kappa shape index (κ2) is 8.65. The summed E-state index contributed by atoms with van der Waals surface area (Å²) in [7, 11) is 2.25. The van der Waals surface area contributed by atoms with Crippen LogP contribution >= 0.6 is 0 Å². The fraction of sp³-hybridized carbons (Fsp3) is 0.222. The number of amides is 1. The first-order chi connectivity index (χ1) is 12.8. The molecule has 0 fully saturated rings. The van der Waals surface area contributed by atoms with Crippen molar-refractivity contribution in [2.75, 3.05) is 28.3 Å². The second-order valence-electron chi connectivity index (χ2n) is 5.60. The van der Waals surface area contributed by atoms with Crippen LogP contribution in [0.25, 0.3) is 0 Å². The smallest absolute Gasteiger partial charge is 0.271 e. The highest BCUT2D eigenvalue weighted by Crippen LogP contribution is 2.29. The minimum atomic E-state index is -3.63. The number of nitrogens with one attached hydrogen (secondary N) is 1. The van der Waals surface area contributed by atoms with Crippen LogP contribution in [0.4, 0.5) is 0 Å². The van der Waals surface area contributed by atoms with Gasteiger partial charge in [0.15, 0.2) is 11.5 Å². The summed E-state index contributed by atoms with van der Waals surface area (Å²) in [5.41, 5.74) is 3.16. The van der Waals surface area contributed by atoms with Crippen LogP contribution in [-0.4, -0.2) is 53.2 Å². The zero-order valence-electron chi connectivity index (χ0n) is 15.5. The molecule has 9 heteroatoms. The number of hydrogen-bond donors (Lipinski definition) is 1. The Hall–Kier alpha value is -2.91. The molecule has 0 spiro atoms. The lowest BCUT2D eigenvalue weighted by atomic mass is 10.2. The molecule has 0 aromatic heterocycles. The molecular formula is C18H21N3O5S. The third-order valence-electron chi connectivity index (χ3n) is 3.68. The molecule has 0 saturated heterocycles. The molecule has 1 amide bonds. The van der Waals surface area contributed by atoms with Crippen molar-refractivity contribution in [3.05, 3.63) is 53.6 Å². The van der Waals surface area contributed by atoms with Crippen LogP contribution < -0.4 is 14.9 Å². The number of para-hydroxylation sites is 1. The number of rotatable bonds is 7. The van der Waals surface area contributed by atoms with Crippen LogP contribution in [0.15, 0.2) is 52.5 Å². The number of carbonyl (C=O) groups excluding carboxylic acids is 1. The summed E-state index contributed by atoms with van der Waals surface area (Å²) in [6.07, 6.45) is 1.42. The van der Waals surface area contributed by atoms with Gasteiger partial charge in [-0.3, -0.25) is 4.79 Å². The lowest BCUT2D eigenvalue weighted by molar-refractivity contribution is 0.0955. The van der Waals surface area contributed by atoms with E-state index in [2.05, 4.69) is 10.5 Å². The number of methoxy groups -OCH3 is 2. The van der Waals surface area contributed by atoms with Crippen molar-refractivity contribution in [1.29, 1.82) is 0 Å². The van der Waals surface area contributed by atoms with Crippen LogP contribution in [0.1, 0.15) is 15.9 Å². The molecule has 0 heterocycles. The van der Waals surface area contributed by atoms with Gasteiger partial charge in [-0.05, 0) is 30.3 Å².